The number of ether oxygens (including phenoxy) is 1. The lowest BCUT2D eigenvalue weighted by atomic mass is 10.1. The van der Waals surface area contributed by atoms with Gasteiger partial charge in [0.1, 0.15) is 12.4 Å². The van der Waals surface area contributed by atoms with Gasteiger partial charge in [0.25, 0.3) is 0 Å². The molecule has 0 aliphatic rings. The summed E-state index contributed by atoms with van der Waals surface area (Å²) in [5.41, 5.74) is 8.36. The van der Waals surface area contributed by atoms with Crippen LogP contribution in [0.4, 0.5) is 0 Å². The van der Waals surface area contributed by atoms with Gasteiger partial charge < -0.3 is 20.4 Å². The van der Waals surface area contributed by atoms with Crippen LogP contribution in [0.1, 0.15) is 11.6 Å². The predicted molar refractivity (Wildman–Crippen MR) is 77.8 cm³/mol. The summed E-state index contributed by atoms with van der Waals surface area (Å²) in [6, 6.07) is 15.0. The minimum absolute atomic E-state index is 0.183. The molecule has 0 radical (unpaired) electrons. The number of hydrogen-bond acceptors (Lipinski definition) is 3. The number of aromatic nitrogens is 2. The standard InChI is InChI=1S/C15H15N3O2/c16-12(10-4-2-1-3-5-10)9-20-11-6-7-13-14(8-11)18-15(19)17-13/h1-8,12H,9,16H2,(H2,17,18,19). The predicted octanol–water partition coefficient (Wildman–Crippen LogP) is 1.93. The van der Waals surface area contributed by atoms with Gasteiger partial charge >= 0.3 is 5.69 Å². The first-order chi connectivity index (χ1) is 9.72. The number of aromatic amines is 2. The number of nitrogens with two attached hydrogens (primary N) is 1. The van der Waals surface area contributed by atoms with Crippen molar-refractivity contribution in [3.63, 3.8) is 0 Å². The molecule has 5 heteroatoms. The van der Waals surface area contributed by atoms with Crippen LogP contribution in [-0.4, -0.2) is 16.6 Å². The van der Waals surface area contributed by atoms with E-state index in [0.29, 0.717) is 12.4 Å². The van der Waals surface area contributed by atoms with Crippen LogP contribution in [0.15, 0.2) is 53.3 Å². The smallest absolute Gasteiger partial charge is 0.323 e. The summed E-state index contributed by atoms with van der Waals surface area (Å²) in [5, 5.41) is 0. The van der Waals surface area contributed by atoms with Crippen LogP contribution < -0.4 is 16.2 Å². The molecular formula is C15H15N3O2. The third kappa shape index (κ3) is 2.57. The zero-order valence-electron chi connectivity index (χ0n) is 10.8. The highest BCUT2D eigenvalue weighted by Crippen LogP contribution is 2.18. The van der Waals surface area contributed by atoms with Crippen molar-refractivity contribution in [3.05, 3.63) is 64.6 Å². The topological polar surface area (TPSA) is 83.9 Å². The van der Waals surface area contributed by atoms with Gasteiger partial charge in [0.2, 0.25) is 0 Å². The third-order valence-electron chi connectivity index (χ3n) is 3.14. The van der Waals surface area contributed by atoms with E-state index in [1.54, 1.807) is 12.1 Å². The van der Waals surface area contributed by atoms with Crippen molar-refractivity contribution in [1.82, 2.24) is 9.97 Å². The molecule has 0 fully saturated rings. The molecule has 102 valence electrons. The van der Waals surface area contributed by atoms with Gasteiger partial charge in [0, 0.05) is 6.07 Å². The SMILES string of the molecule is NC(COc1ccc2[nH]c(=O)[nH]c2c1)c1ccccc1. The second kappa shape index (κ2) is 5.22. The molecule has 5 nitrogen and oxygen atoms in total. The van der Waals surface area contributed by atoms with Gasteiger partial charge in [0.05, 0.1) is 17.1 Å². The summed E-state index contributed by atoms with van der Waals surface area (Å²) >= 11 is 0. The fourth-order valence-corrected chi connectivity index (χ4v) is 2.08. The molecule has 20 heavy (non-hydrogen) atoms. The first kappa shape index (κ1) is 12.5. The molecule has 1 heterocycles. The van der Waals surface area contributed by atoms with Gasteiger partial charge in [-0.1, -0.05) is 30.3 Å². The van der Waals surface area contributed by atoms with Crippen LogP contribution in [0.5, 0.6) is 5.75 Å². The maximum Gasteiger partial charge on any atom is 0.323 e. The molecule has 0 aliphatic heterocycles. The maximum absolute atomic E-state index is 11.2. The van der Waals surface area contributed by atoms with E-state index >= 15 is 0 Å². The molecule has 4 N–H and O–H groups in total. The van der Waals surface area contributed by atoms with Crippen LogP contribution in [0.3, 0.4) is 0 Å². The lowest BCUT2D eigenvalue weighted by molar-refractivity contribution is 0.291. The fraction of sp³-hybridized carbons (Fsp3) is 0.133. The van der Waals surface area contributed by atoms with Gasteiger partial charge in [0.15, 0.2) is 0 Å². The van der Waals surface area contributed by atoms with Gasteiger partial charge in [-0.3, -0.25) is 0 Å². The van der Waals surface area contributed by atoms with Crippen LogP contribution in [0.2, 0.25) is 0 Å². The number of imidazole rings is 1. The van der Waals surface area contributed by atoms with E-state index in [9.17, 15) is 4.79 Å². The Morgan fingerprint density at radius 1 is 1.05 bits per heavy atom. The molecule has 0 saturated carbocycles. The van der Waals surface area contributed by atoms with Gasteiger partial charge in [-0.05, 0) is 17.7 Å². The highest BCUT2D eigenvalue weighted by molar-refractivity contribution is 5.75. The Balaban J connectivity index is 1.72. The number of nitrogens with one attached hydrogen (secondary N) is 2. The van der Waals surface area contributed by atoms with Crippen molar-refractivity contribution in [1.29, 1.82) is 0 Å². The van der Waals surface area contributed by atoms with Crippen molar-refractivity contribution in [2.24, 2.45) is 5.73 Å². The summed E-state index contributed by atoms with van der Waals surface area (Å²) in [5.74, 6) is 0.680. The largest absolute Gasteiger partial charge is 0.492 e. The van der Waals surface area contributed by atoms with Crippen molar-refractivity contribution in [2.45, 2.75) is 6.04 Å². The number of benzene rings is 2. The Morgan fingerprint density at radius 2 is 1.80 bits per heavy atom. The molecule has 0 amide bonds. The average Bonchev–Trinajstić information content (AvgIpc) is 2.85. The average molecular weight is 269 g/mol. The molecule has 0 bridgehead atoms. The Kier molecular flexibility index (Phi) is 3.26. The zero-order chi connectivity index (χ0) is 13.9. The Morgan fingerprint density at radius 3 is 2.60 bits per heavy atom. The quantitative estimate of drug-likeness (QED) is 0.676. The van der Waals surface area contributed by atoms with E-state index in [1.807, 2.05) is 36.4 Å². The molecule has 0 saturated heterocycles. The maximum atomic E-state index is 11.2. The van der Waals surface area contributed by atoms with E-state index in [1.165, 1.54) is 0 Å². The third-order valence-corrected chi connectivity index (χ3v) is 3.14. The summed E-state index contributed by atoms with van der Waals surface area (Å²) in [6.07, 6.45) is 0. The molecular weight excluding hydrogens is 254 g/mol. The van der Waals surface area contributed by atoms with Gasteiger partial charge in [-0.15, -0.1) is 0 Å². The molecule has 1 atom stereocenters. The van der Waals surface area contributed by atoms with Crippen molar-refractivity contribution in [2.75, 3.05) is 6.61 Å². The molecule has 0 spiro atoms. The van der Waals surface area contributed by atoms with Crippen molar-refractivity contribution in [3.8, 4) is 5.75 Å². The molecule has 0 aliphatic carbocycles. The normalized spacial score (nSPS) is 12.4. The van der Waals surface area contributed by atoms with Crippen molar-refractivity contribution < 1.29 is 4.74 Å². The minimum atomic E-state index is -0.224. The highest BCUT2D eigenvalue weighted by atomic mass is 16.5. The molecule has 3 aromatic rings. The zero-order valence-corrected chi connectivity index (χ0v) is 10.8. The Labute approximate surface area is 115 Å². The number of rotatable bonds is 4. The monoisotopic (exact) mass is 269 g/mol. The second-order valence-corrected chi connectivity index (χ2v) is 4.61. The van der Waals surface area contributed by atoms with Gasteiger partial charge in [-0.25, -0.2) is 4.79 Å². The van der Waals surface area contributed by atoms with E-state index in [4.69, 9.17) is 10.5 Å². The lowest BCUT2D eigenvalue weighted by Crippen LogP contribution is -2.18. The van der Waals surface area contributed by atoms with Crippen LogP contribution in [0, 0.1) is 0 Å². The van der Waals surface area contributed by atoms with Gasteiger partial charge in [-0.2, -0.15) is 0 Å². The molecule has 1 unspecified atom stereocenters. The number of H-pyrrole nitrogens is 2. The number of fused-ring (bicyclic) bond motifs is 1. The Hall–Kier alpha value is -2.53. The van der Waals surface area contributed by atoms with E-state index in [-0.39, 0.29) is 11.7 Å². The summed E-state index contributed by atoms with van der Waals surface area (Å²) in [4.78, 5) is 16.6. The first-order valence-electron chi connectivity index (χ1n) is 6.38. The van der Waals surface area contributed by atoms with E-state index < -0.39 is 0 Å². The molecule has 1 aromatic heterocycles. The highest BCUT2D eigenvalue weighted by Gasteiger charge is 2.07. The summed E-state index contributed by atoms with van der Waals surface area (Å²) < 4.78 is 5.68. The molecule has 2 aromatic carbocycles. The summed E-state index contributed by atoms with van der Waals surface area (Å²) in [6.45, 7) is 0.379. The van der Waals surface area contributed by atoms with Crippen LogP contribution in [-0.2, 0) is 0 Å². The second-order valence-electron chi connectivity index (χ2n) is 4.61. The van der Waals surface area contributed by atoms with Crippen molar-refractivity contribution >= 4 is 11.0 Å². The minimum Gasteiger partial charge on any atom is -0.492 e. The van der Waals surface area contributed by atoms with Crippen LogP contribution in [0.25, 0.3) is 11.0 Å². The van der Waals surface area contributed by atoms with Crippen LogP contribution >= 0.6 is 0 Å². The Bertz CT molecular complexity index is 761. The first-order valence-corrected chi connectivity index (χ1v) is 6.38. The molecule has 3 rings (SSSR count). The lowest BCUT2D eigenvalue weighted by Gasteiger charge is -2.13. The van der Waals surface area contributed by atoms with E-state index in [2.05, 4.69) is 9.97 Å². The fourth-order valence-electron chi connectivity index (χ4n) is 2.08. The summed E-state index contributed by atoms with van der Waals surface area (Å²) in [7, 11) is 0. The van der Waals surface area contributed by atoms with E-state index in [0.717, 1.165) is 16.6 Å². The number of hydrogen-bond donors (Lipinski definition) is 3.